The maximum absolute atomic E-state index is 11.9. The van der Waals surface area contributed by atoms with Crippen molar-refractivity contribution in [3.63, 3.8) is 0 Å². The monoisotopic (exact) mass is 363 g/mol. The van der Waals surface area contributed by atoms with Gasteiger partial charge in [-0.15, -0.1) is 12.4 Å². The highest BCUT2D eigenvalue weighted by Gasteiger charge is 2.04. The quantitative estimate of drug-likeness (QED) is 0.623. The fourth-order valence-electron chi connectivity index (χ4n) is 2.38. The third-order valence-corrected chi connectivity index (χ3v) is 3.66. The standard InChI is InChI=1S/C19H25N3O2.ClH/c1-20-11-3-4-12-21-19(23)22-17-9-5-7-15(13-17)16-8-6-10-18(14-16)24-2;/h5-10,13-14,20H,3-4,11-12H2,1-2H3,(H2,21,22,23);1H. The Morgan fingerprint density at radius 1 is 1.00 bits per heavy atom. The highest BCUT2D eigenvalue weighted by molar-refractivity contribution is 5.90. The molecule has 0 saturated carbocycles. The van der Waals surface area contributed by atoms with Crippen molar-refractivity contribution in [3.8, 4) is 16.9 Å². The lowest BCUT2D eigenvalue weighted by atomic mass is 10.0. The Bertz CT molecular complexity index is 665. The molecule has 2 aromatic rings. The summed E-state index contributed by atoms with van der Waals surface area (Å²) in [6, 6.07) is 15.4. The molecule has 0 fully saturated rings. The van der Waals surface area contributed by atoms with E-state index < -0.39 is 0 Å². The van der Waals surface area contributed by atoms with Gasteiger partial charge in [0.15, 0.2) is 0 Å². The predicted molar refractivity (Wildman–Crippen MR) is 106 cm³/mol. The Balaban J connectivity index is 0.00000312. The minimum Gasteiger partial charge on any atom is -0.497 e. The molecule has 6 heteroatoms. The number of carbonyl (C=O) groups is 1. The average Bonchev–Trinajstić information content (AvgIpc) is 2.62. The number of hydrogen-bond acceptors (Lipinski definition) is 3. The van der Waals surface area contributed by atoms with Crippen LogP contribution in [-0.2, 0) is 0 Å². The van der Waals surface area contributed by atoms with Gasteiger partial charge in [-0.1, -0.05) is 24.3 Å². The minimum atomic E-state index is -0.178. The van der Waals surface area contributed by atoms with Crippen LogP contribution in [0.15, 0.2) is 48.5 Å². The fourth-order valence-corrected chi connectivity index (χ4v) is 2.38. The van der Waals surface area contributed by atoms with Crippen LogP contribution >= 0.6 is 12.4 Å². The van der Waals surface area contributed by atoms with Crippen molar-refractivity contribution >= 4 is 24.1 Å². The predicted octanol–water partition coefficient (Wildman–Crippen LogP) is 3.91. The molecule has 2 amide bonds. The molecule has 0 spiro atoms. The van der Waals surface area contributed by atoms with Crippen LogP contribution in [0, 0.1) is 0 Å². The number of halogens is 1. The van der Waals surface area contributed by atoms with Gasteiger partial charge < -0.3 is 20.7 Å². The molecule has 0 aliphatic heterocycles. The number of carbonyl (C=O) groups excluding carboxylic acids is 1. The second-order valence-electron chi connectivity index (χ2n) is 5.50. The first-order valence-electron chi connectivity index (χ1n) is 8.17. The van der Waals surface area contributed by atoms with Gasteiger partial charge in [0, 0.05) is 12.2 Å². The number of unbranched alkanes of at least 4 members (excludes halogenated alkanes) is 1. The van der Waals surface area contributed by atoms with E-state index >= 15 is 0 Å². The average molecular weight is 364 g/mol. The largest absolute Gasteiger partial charge is 0.497 e. The third kappa shape index (κ3) is 7.03. The highest BCUT2D eigenvalue weighted by Crippen LogP contribution is 2.25. The summed E-state index contributed by atoms with van der Waals surface area (Å²) in [5.74, 6) is 0.810. The summed E-state index contributed by atoms with van der Waals surface area (Å²) >= 11 is 0. The van der Waals surface area contributed by atoms with Crippen molar-refractivity contribution in [3.05, 3.63) is 48.5 Å². The van der Waals surface area contributed by atoms with E-state index in [-0.39, 0.29) is 18.4 Å². The van der Waals surface area contributed by atoms with Crippen LogP contribution in [0.1, 0.15) is 12.8 Å². The molecule has 0 radical (unpaired) electrons. The number of nitrogens with one attached hydrogen (secondary N) is 3. The number of amides is 2. The number of urea groups is 1. The Morgan fingerprint density at radius 3 is 2.40 bits per heavy atom. The van der Waals surface area contributed by atoms with Crippen LogP contribution in [0.25, 0.3) is 11.1 Å². The van der Waals surface area contributed by atoms with Crippen LogP contribution in [0.2, 0.25) is 0 Å². The first kappa shape index (κ1) is 20.8. The molecule has 0 atom stereocenters. The molecule has 0 aromatic heterocycles. The van der Waals surface area contributed by atoms with Gasteiger partial charge in [-0.25, -0.2) is 4.79 Å². The molecule has 0 unspecified atom stereocenters. The van der Waals surface area contributed by atoms with Gasteiger partial charge in [-0.3, -0.25) is 0 Å². The number of benzene rings is 2. The molecule has 0 aliphatic carbocycles. The topological polar surface area (TPSA) is 62.4 Å². The summed E-state index contributed by atoms with van der Waals surface area (Å²) in [7, 11) is 3.58. The Morgan fingerprint density at radius 2 is 1.68 bits per heavy atom. The molecule has 0 saturated heterocycles. The second-order valence-corrected chi connectivity index (χ2v) is 5.50. The van der Waals surface area contributed by atoms with Crippen molar-refractivity contribution in [2.75, 3.05) is 32.6 Å². The van der Waals surface area contributed by atoms with Gasteiger partial charge in [0.1, 0.15) is 5.75 Å². The molecule has 0 aliphatic rings. The van der Waals surface area contributed by atoms with E-state index in [2.05, 4.69) is 16.0 Å². The van der Waals surface area contributed by atoms with E-state index in [0.29, 0.717) is 6.54 Å². The zero-order valence-electron chi connectivity index (χ0n) is 14.7. The summed E-state index contributed by atoms with van der Waals surface area (Å²) < 4.78 is 5.26. The van der Waals surface area contributed by atoms with Gasteiger partial charge in [-0.05, 0) is 61.8 Å². The van der Waals surface area contributed by atoms with Gasteiger partial charge in [-0.2, -0.15) is 0 Å². The van der Waals surface area contributed by atoms with Crippen LogP contribution in [0.5, 0.6) is 5.75 Å². The third-order valence-electron chi connectivity index (χ3n) is 3.66. The lowest BCUT2D eigenvalue weighted by molar-refractivity contribution is 0.252. The summed E-state index contributed by atoms with van der Waals surface area (Å²) in [4.78, 5) is 11.9. The van der Waals surface area contributed by atoms with E-state index in [1.807, 2.05) is 55.6 Å². The molecular formula is C19H26ClN3O2. The molecular weight excluding hydrogens is 338 g/mol. The summed E-state index contributed by atoms with van der Waals surface area (Å²) in [5, 5.41) is 8.83. The molecule has 2 rings (SSSR count). The molecule has 0 bridgehead atoms. The Labute approximate surface area is 155 Å². The number of rotatable bonds is 8. The minimum absolute atomic E-state index is 0. The van der Waals surface area contributed by atoms with E-state index in [9.17, 15) is 4.79 Å². The normalized spacial score (nSPS) is 9.84. The number of ether oxygens (including phenoxy) is 1. The zero-order valence-corrected chi connectivity index (χ0v) is 15.5. The first-order valence-corrected chi connectivity index (χ1v) is 8.17. The van der Waals surface area contributed by atoms with E-state index in [0.717, 1.165) is 42.0 Å². The Kier molecular flexibility index (Phi) is 9.43. The van der Waals surface area contributed by atoms with Crippen LogP contribution < -0.4 is 20.7 Å². The van der Waals surface area contributed by atoms with Gasteiger partial charge in [0.25, 0.3) is 0 Å². The maximum atomic E-state index is 11.9. The first-order chi connectivity index (χ1) is 11.7. The van der Waals surface area contributed by atoms with Crippen molar-refractivity contribution in [2.45, 2.75) is 12.8 Å². The van der Waals surface area contributed by atoms with E-state index in [4.69, 9.17) is 4.74 Å². The van der Waals surface area contributed by atoms with Crippen LogP contribution in [-0.4, -0.2) is 33.3 Å². The van der Waals surface area contributed by atoms with Gasteiger partial charge >= 0.3 is 6.03 Å². The summed E-state index contributed by atoms with van der Waals surface area (Å²) in [5.41, 5.74) is 2.84. The molecule has 3 N–H and O–H groups in total. The summed E-state index contributed by atoms with van der Waals surface area (Å²) in [6.07, 6.45) is 2.00. The smallest absolute Gasteiger partial charge is 0.319 e. The lowest BCUT2D eigenvalue weighted by Crippen LogP contribution is -2.29. The highest BCUT2D eigenvalue weighted by atomic mass is 35.5. The second kappa shape index (κ2) is 11.3. The molecule has 0 heterocycles. The number of hydrogen-bond donors (Lipinski definition) is 3. The summed E-state index contributed by atoms with van der Waals surface area (Å²) in [6.45, 7) is 1.63. The molecule has 25 heavy (non-hydrogen) atoms. The van der Waals surface area contributed by atoms with E-state index in [1.165, 1.54) is 0 Å². The van der Waals surface area contributed by atoms with Crippen molar-refractivity contribution < 1.29 is 9.53 Å². The van der Waals surface area contributed by atoms with Crippen molar-refractivity contribution in [1.82, 2.24) is 10.6 Å². The molecule has 5 nitrogen and oxygen atoms in total. The molecule has 136 valence electrons. The van der Waals surface area contributed by atoms with Crippen molar-refractivity contribution in [1.29, 1.82) is 0 Å². The Hall–Kier alpha value is -2.24. The number of anilines is 1. The number of methoxy groups -OCH3 is 1. The SMILES string of the molecule is CNCCCCNC(=O)Nc1cccc(-c2cccc(OC)c2)c1.Cl. The molecule has 2 aromatic carbocycles. The lowest BCUT2D eigenvalue weighted by Gasteiger charge is -2.10. The maximum Gasteiger partial charge on any atom is 0.319 e. The van der Waals surface area contributed by atoms with Crippen LogP contribution in [0.3, 0.4) is 0 Å². The van der Waals surface area contributed by atoms with E-state index in [1.54, 1.807) is 7.11 Å². The zero-order chi connectivity index (χ0) is 17.2. The van der Waals surface area contributed by atoms with Gasteiger partial charge in [0.05, 0.1) is 7.11 Å². The fraction of sp³-hybridized carbons (Fsp3) is 0.316. The van der Waals surface area contributed by atoms with Crippen LogP contribution in [0.4, 0.5) is 10.5 Å². The van der Waals surface area contributed by atoms with Crippen molar-refractivity contribution in [2.24, 2.45) is 0 Å². The van der Waals surface area contributed by atoms with Gasteiger partial charge in [0.2, 0.25) is 0 Å².